The molecule has 1 aliphatic carbocycles. The van der Waals surface area contributed by atoms with Gasteiger partial charge in [-0.25, -0.2) is 0 Å². The number of amides is 1. The summed E-state index contributed by atoms with van der Waals surface area (Å²) >= 11 is 0. The lowest BCUT2D eigenvalue weighted by Gasteiger charge is -2.29. The third-order valence-corrected chi connectivity index (χ3v) is 3.61. The molecule has 0 radical (unpaired) electrons. The van der Waals surface area contributed by atoms with E-state index in [1.54, 1.807) is 0 Å². The maximum atomic E-state index is 11.7. The molecule has 3 heteroatoms. The average molecular weight is 254 g/mol. The van der Waals surface area contributed by atoms with Crippen LogP contribution in [0.25, 0.3) is 0 Å². The van der Waals surface area contributed by atoms with Crippen LogP contribution < -0.4 is 10.6 Å². The Bertz CT molecular complexity index is 250. The van der Waals surface area contributed by atoms with Crippen LogP contribution in [0.2, 0.25) is 0 Å². The van der Waals surface area contributed by atoms with E-state index in [2.05, 4.69) is 17.6 Å². The Morgan fingerprint density at radius 1 is 1.17 bits per heavy atom. The number of carbonyl (C=O) groups excluding carboxylic acids is 1. The average Bonchev–Trinajstić information content (AvgIpc) is 2.26. The quantitative estimate of drug-likeness (QED) is 0.792. The van der Waals surface area contributed by atoms with Crippen molar-refractivity contribution in [1.29, 1.82) is 0 Å². The fourth-order valence-corrected chi connectivity index (χ4v) is 2.76. The summed E-state index contributed by atoms with van der Waals surface area (Å²) in [6.07, 6.45) is 7.79. The second-order valence-corrected chi connectivity index (χ2v) is 6.69. The summed E-state index contributed by atoms with van der Waals surface area (Å²) in [4.78, 5) is 11.7. The van der Waals surface area contributed by atoms with Gasteiger partial charge in [-0.15, -0.1) is 0 Å². The molecule has 1 aliphatic rings. The van der Waals surface area contributed by atoms with E-state index >= 15 is 0 Å². The minimum atomic E-state index is -0.127. The maximum Gasteiger partial charge on any atom is 0.234 e. The Morgan fingerprint density at radius 3 is 2.28 bits per heavy atom. The Hall–Kier alpha value is -0.570. The van der Waals surface area contributed by atoms with Crippen molar-refractivity contribution < 1.29 is 4.79 Å². The zero-order valence-electron chi connectivity index (χ0n) is 12.5. The van der Waals surface area contributed by atoms with Gasteiger partial charge in [-0.1, -0.05) is 19.8 Å². The smallest absolute Gasteiger partial charge is 0.234 e. The lowest BCUT2D eigenvalue weighted by atomic mass is 9.83. The fraction of sp³-hybridized carbons (Fsp3) is 0.933. The van der Waals surface area contributed by atoms with Crippen molar-refractivity contribution in [2.45, 2.75) is 77.8 Å². The summed E-state index contributed by atoms with van der Waals surface area (Å²) in [5, 5.41) is 6.38. The van der Waals surface area contributed by atoms with Crippen LogP contribution >= 0.6 is 0 Å². The zero-order valence-corrected chi connectivity index (χ0v) is 12.5. The van der Waals surface area contributed by atoms with Crippen LogP contribution in [-0.4, -0.2) is 24.0 Å². The molecule has 0 unspecified atom stereocenters. The number of nitrogens with one attached hydrogen (secondary N) is 2. The number of carbonyl (C=O) groups is 1. The second-order valence-electron chi connectivity index (χ2n) is 6.69. The summed E-state index contributed by atoms with van der Waals surface area (Å²) in [7, 11) is 0. The predicted octanol–water partition coefficient (Wildman–Crippen LogP) is 2.85. The van der Waals surface area contributed by atoms with E-state index in [0.29, 0.717) is 12.6 Å². The summed E-state index contributed by atoms with van der Waals surface area (Å²) in [6, 6.07) is 0.545. The van der Waals surface area contributed by atoms with Gasteiger partial charge in [0.05, 0.1) is 6.54 Å². The summed E-state index contributed by atoms with van der Waals surface area (Å²) in [6.45, 7) is 8.77. The van der Waals surface area contributed by atoms with Crippen molar-refractivity contribution in [3.8, 4) is 0 Å². The molecule has 0 aromatic heterocycles. The Balaban J connectivity index is 2.16. The van der Waals surface area contributed by atoms with E-state index in [0.717, 1.165) is 5.92 Å². The van der Waals surface area contributed by atoms with E-state index in [4.69, 9.17) is 0 Å². The maximum absolute atomic E-state index is 11.7. The highest BCUT2D eigenvalue weighted by molar-refractivity contribution is 5.78. The molecular weight excluding hydrogens is 224 g/mol. The van der Waals surface area contributed by atoms with Crippen molar-refractivity contribution in [2.24, 2.45) is 5.92 Å². The van der Waals surface area contributed by atoms with Gasteiger partial charge < -0.3 is 10.6 Å². The van der Waals surface area contributed by atoms with Gasteiger partial charge in [0.15, 0.2) is 0 Å². The molecule has 3 nitrogen and oxygen atoms in total. The predicted molar refractivity (Wildman–Crippen MR) is 76.6 cm³/mol. The number of hydrogen-bond donors (Lipinski definition) is 2. The highest BCUT2D eigenvalue weighted by Crippen LogP contribution is 2.27. The molecule has 0 atom stereocenters. The molecule has 0 heterocycles. The van der Waals surface area contributed by atoms with Gasteiger partial charge in [-0.3, -0.25) is 4.79 Å². The molecule has 0 aromatic carbocycles. The van der Waals surface area contributed by atoms with E-state index in [-0.39, 0.29) is 11.4 Å². The standard InChI is InChI=1S/C15H30N2O/c1-5-6-12-7-9-13(10-8-12)16-11-14(18)17-15(2,3)4/h12-13,16H,5-11H2,1-4H3,(H,17,18). The molecule has 18 heavy (non-hydrogen) atoms. The summed E-state index contributed by atoms with van der Waals surface area (Å²) < 4.78 is 0. The van der Waals surface area contributed by atoms with Crippen LogP contribution in [0.5, 0.6) is 0 Å². The summed E-state index contributed by atoms with van der Waals surface area (Å²) in [5.74, 6) is 1.04. The van der Waals surface area contributed by atoms with Crippen LogP contribution in [0.1, 0.15) is 66.2 Å². The highest BCUT2D eigenvalue weighted by Gasteiger charge is 2.21. The van der Waals surface area contributed by atoms with Gasteiger partial charge in [0, 0.05) is 11.6 Å². The Morgan fingerprint density at radius 2 is 1.78 bits per heavy atom. The molecule has 2 N–H and O–H groups in total. The van der Waals surface area contributed by atoms with Crippen molar-refractivity contribution in [3.63, 3.8) is 0 Å². The first kappa shape index (κ1) is 15.5. The van der Waals surface area contributed by atoms with Crippen LogP contribution in [0, 0.1) is 5.92 Å². The molecule has 0 spiro atoms. The number of hydrogen-bond acceptors (Lipinski definition) is 2. The van der Waals surface area contributed by atoms with Crippen molar-refractivity contribution in [3.05, 3.63) is 0 Å². The molecule has 0 saturated heterocycles. The van der Waals surface area contributed by atoms with Crippen LogP contribution in [-0.2, 0) is 4.79 Å². The van der Waals surface area contributed by atoms with Crippen LogP contribution in [0.15, 0.2) is 0 Å². The van der Waals surface area contributed by atoms with Gasteiger partial charge in [0.2, 0.25) is 5.91 Å². The van der Waals surface area contributed by atoms with Crippen molar-refractivity contribution in [2.75, 3.05) is 6.54 Å². The molecule has 0 aromatic rings. The number of rotatable bonds is 5. The minimum absolute atomic E-state index is 0.109. The van der Waals surface area contributed by atoms with Crippen LogP contribution in [0.3, 0.4) is 0 Å². The Labute approximate surface area is 112 Å². The Kier molecular flexibility index (Phi) is 6.13. The van der Waals surface area contributed by atoms with Gasteiger partial charge in [0.25, 0.3) is 0 Å². The van der Waals surface area contributed by atoms with Crippen molar-refractivity contribution >= 4 is 5.91 Å². The molecule has 0 aliphatic heterocycles. The minimum Gasteiger partial charge on any atom is -0.350 e. The molecule has 1 fully saturated rings. The van der Waals surface area contributed by atoms with E-state index in [1.165, 1.54) is 38.5 Å². The summed E-state index contributed by atoms with van der Waals surface area (Å²) in [5.41, 5.74) is -0.127. The third-order valence-electron chi connectivity index (χ3n) is 3.61. The fourth-order valence-electron chi connectivity index (χ4n) is 2.76. The van der Waals surface area contributed by atoms with E-state index in [9.17, 15) is 4.79 Å². The first-order valence-corrected chi connectivity index (χ1v) is 7.45. The highest BCUT2D eigenvalue weighted by atomic mass is 16.2. The van der Waals surface area contributed by atoms with Crippen molar-refractivity contribution in [1.82, 2.24) is 10.6 Å². The van der Waals surface area contributed by atoms with E-state index in [1.807, 2.05) is 20.8 Å². The molecule has 1 saturated carbocycles. The first-order chi connectivity index (χ1) is 8.40. The second kappa shape index (κ2) is 7.13. The van der Waals surface area contributed by atoms with Crippen LogP contribution in [0.4, 0.5) is 0 Å². The first-order valence-electron chi connectivity index (χ1n) is 7.45. The third kappa shape index (κ3) is 6.39. The van der Waals surface area contributed by atoms with Gasteiger partial charge >= 0.3 is 0 Å². The SMILES string of the molecule is CCCC1CCC(NCC(=O)NC(C)(C)C)CC1. The molecule has 1 amide bonds. The largest absolute Gasteiger partial charge is 0.350 e. The lowest BCUT2D eigenvalue weighted by molar-refractivity contribution is -0.121. The molecular formula is C15H30N2O. The lowest BCUT2D eigenvalue weighted by Crippen LogP contribution is -2.47. The van der Waals surface area contributed by atoms with Gasteiger partial charge in [0.1, 0.15) is 0 Å². The molecule has 1 rings (SSSR count). The molecule has 0 bridgehead atoms. The normalized spacial score (nSPS) is 24.9. The van der Waals surface area contributed by atoms with E-state index < -0.39 is 0 Å². The molecule has 106 valence electrons. The topological polar surface area (TPSA) is 41.1 Å². The van der Waals surface area contributed by atoms with Gasteiger partial charge in [-0.05, 0) is 52.4 Å². The van der Waals surface area contributed by atoms with Gasteiger partial charge in [-0.2, -0.15) is 0 Å². The monoisotopic (exact) mass is 254 g/mol. The zero-order chi connectivity index (χ0) is 13.6.